The van der Waals surface area contributed by atoms with Gasteiger partial charge in [-0.3, -0.25) is 33.4 Å². The van der Waals surface area contributed by atoms with E-state index in [1.54, 1.807) is 35.4 Å². The lowest BCUT2D eigenvalue weighted by Crippen LogP contribution is -2.44. The van der Waals surface area contributed by atoms with E-state index in [1.165, 1.54) is 22.3 Å². The van der Waals surface area contributed by atoms with Crippen LogP contribution in [-0.4, -0.2) is 87.7 Å². The zero-order chi connectivity index (χ0) is 44.7. The molecule has 0 radical (unpaired) electrons. The molecule has 16 nitrogen and oxygen atoms in total. The number of nitrogens with zero attached hydrogens (tertiary/aromatic N) is 6. The lowest BCUT2D eigenvalue weighted by atomic mass is 9.85. The van der Waals surface area contributed by atoms with Gasteiger partial charge in [0.05, 0.1) is 23.7 Å². The van der Waals surface area contributed by atoms with Crippen molar-refractivity contribution in [1.82, 2.24) is 38.6 Å². The molecule has 340 valence electrons. The number of aryl methyl sites for hydroxylation is 2. The van der Waals surface area contributed by atoms with Crippen molar-refractivity contribution in [1.29, 1.82) is 0 Å². The first-order valence-electron chi connectivity index (χ1n) is 22.7. The maximum absolute atomic E-state index is 15.4. The SMILES string of the molecule is Cc1cc(S(=O)(=O)NCCOC2CCC(CN3CCC(c4ccc5c(c4)n(C)c(=O)n5C4CCC(=O)NC4=O)CC3)CC2)c(F)cc1Nc1ncc2ccc(=O)n(C3CCCC3)c2n1. The number of hydrogen-bond donors (Lipinski definition) is 3. The van der Waals surface area contributed by atoms with Gasteiger partial charge in [0.25, 0.3) is 5.56 Å². The average Bonchev–Trinajstić information content (AvgIpc) is 3.90. The number of carbonyl (C=O) groups is 2. The minimum atomic E-state index is -4.17. The van der Waals surface area contributed by atoms with Crippen LogP contribution in [0.3, 0.4) is 0 Å². The van der Waals surface area contributed by atoms with Gasteiger partial charge in [-0.15, -0.1) is 0 Å². The number of benzene rings is 2. The Labute approximate surface area is 370 Å². The van der Waals surface area contributed by atoms with Crippen LogP contribution in [-0.2, 0) is 31.4 Å². The molecule has 2 saturated carbocycles. The molecule has 4 fully saturated rings. The topological polar surface area (TPSA) is 192 Å². The number of imidazole rings is 1. The number of aromatic nitrogens is 5. The normalized spacial score (nSPS) is 21.8. The summed E-state index contributed by atoms with van der Waals surface area (Å²) in [6.07, 6.45) is 11.9. The number of anilines is 2. The number of halogens is 1. The van der Waals surface area contributed by atoms with Gasteiger partial charge in [-0.1, -0.05) is 18.9 Å². The molecule has 5 aromatic rings. The van der Waals surface area contributed by atoms with E-state index in [9.17, 15) is 27.6 Å². The molecular weight excluding hydrogens is 842 g/mol. The van der Waals surface area contributed by atoms with Crippen molar-refractivity contribution in [2.24, 2.45) is 13.0 Å². The van der Waals surface area contributed by atoms with Crippen LogP contribution in [0.5, 0.6) is 0 Å². The number of carbonyl (C=O) groups excluding carboxylic acids is 2. The fourth-order valence-corrected chi connectivity index (χ4v) is 11.5. The lowest BCUT2D eigenvalue weighted by molar-refractivity contribution is -0.135. The van der Waals surface area contributed by atoms with Crippen molar-refractivity contribution in [3.8, 4) is 0 Å². The Bertz CT molecular complexity index is 2820. The van der Waals surface area contributed by atoms with Crippen LogP contribution < -0.4 is 26.6 Å². The Morgan fingerprint density at radius 1 is 0.891 bits per heavy atom. The molecule has 3 aromatic heterocycles. The summed E-state index contributed by atoms with van der Waals surface area (Å²) in [5.74, 6) is -0.552. The van der Waals surface area contributed by atoms with Gasteiger partial charge >= 0.3 is 5.69 Å². The second-order valence-corrected chi connectivity index (χ2v) is 19.8. The van der Waals surface area contributed by atoms with Crippen LogP contribution in [0.25, 0.3) is 22.1 Å². The maximum atomic E-state index is 15.4. The number of amides is 2. The van der Waals surface area contributed by atoms with Gasteiger partial charge in [-0.25, -0.2) is 27.3 Å². The third-order valence-electron chi connectivity index (χ3n) is 13.9. The number of piperidine rings is 2. The third-order valence-corrected chi connectivity index (χ3v) is 15.4. The standard InChI is InChI=1S/C46H56FN9O7S/c1-28-23-40(35(47)25-36(28)50-45-48-26-32-10-16-42(58)55(43(32)52-45)33-5-3-4-6-33)64(61,62)49-19-22-63-34-11-7-29(8-12-34)27-54-20-17-30(18-21-54)31-9-13-37-39(24-31)53(2)46(60)56(37)38-14-15-41(57)51-44(38)59/h9-10,13,16,23-26,29-30,33-34,38,49H,3-8,11-12,14-15,17-22,27H2,1-2H3,(H,48,50,52)(H,51,57,59). The van der Waals surface area contributed by atoms with E-state index in [0.717, 1.165) is 101 Å². The summed E-state index contributed by atoms with van der Waals surface area (Å²) < 4.78 is 55.3. The predicted octanol–water partition coefficient (Wildman–Crippen LogP) is 5.46. The Kier molecular flexibility index (Phi) is 12.6. The van der Waals surface area contributed by atoms with Gasteiger partial charge in [0.15, 0.2) is 0 Å². The van der Waals surface area contributed by atoms with Gasteiger partial charge in [0.1, 0.15) is 22.4 Å². The Morgan fingerprint density at radius 2 is 1.66 bits per heavy atom. The van der Waals surface area contributed by atoms with E-state index in [2.05, 4.69) is 42.4 Å². The van der Waals surface area contributed by atoms with Crippen molar-refractivity contribution in [2.45, 2.75) is 113 Å². The number of ether oxygens (including phenoxy) is 1. The van der Waals surface area contributed by atoms with Gasteiger partial charge in [-0.2, -0.15) is 4.98 Å². The van der Waals surface area contributed by atoms with Gasteiger partial charge in [-0.05, 0) is 131 Å². The van der Waals surface area contributed by atoms with E-state index in [1.807, 2.05) is 6.07 Å². The summed E-state index contributed by atoms with van der Waals surface area (Å²) in [4.78, 5) is 61.4. The van der Waals surface area contributed by atoms with Crippen molar-refractivity contribution in [2.75, 3.05) is 38.1 Å². The third kappa shape index (κ3) is 9.01. The summed E-state index contributed by atoms with van der Waals surface area (Å²) >= 11 is 0. The van der Waals surface area contributed by atoms with Crippen molar-refractivity contribution < 1.29 is 27.1 Å². The highest BCUT2D eigenvalue weighted by atomic mass is 32.2. The number of nitrogens with one attached hydrogen (secondary N) is 3. The van der Waals surface area contributed by atoms with E-state index >= 15 is 4.39 Å². The number of fused-ring (bicyclic) bond motifs is 2. The number of pyridine rings is 1. The number of hydrogen-bond acceptors (Lipinski definition) is 11. The highest BCUT2D eigenvalue weighted by Gasteiger charge is 2.32. The minimum Gasteiger partial charge on any atom is -0.377 e. The fraction of sp³-hybridized carbons (Fsp3) is 0.522. The van der Waals surface area contributed by atoms with Crippen LogP contribution >= 0.6 is 0 Å². The summed E-state index contributed by atoms with van der Waals surface area (Å²) in [6, 6.07) is 11.1. The molecule has 2 aromatic carbocycles. The highest BCUT2D eigenvalue weighted by Crippen LogP contribution is 2.35. The first kappa shape index (κ1) is 43.9. The van der Waals surface area contributed by atoms with Crippen molar-refractivity contribution in [3.63, 3.8) is 0 Å². The molecule has 5 heterocycles. The lowest BCUT2D eigenvalue weighted by Gasteiger charge is -2.36. The Balaban J connectivity index is 0.719. The quantitative estimate of drug-likeness (QED) is 0.100. The molecule has 1 unspecified atom stereocenters. The zero-order valence-electron chi connectivity index (χ0n) is 36.4. The minimum absolute atomic E-state index is 0.0121. The molecule has 64 heavy (non-hydrogen) atoms. The molecule has 2 aliphatic carbocycles. The van der Waals surface area contributed by atoms with Gasteiger partial charge < -0.3 is 15.0 Å². The van der Waals surface area contributed by atoms with E-state index in [-0.39, 0.29) is 54.8 Å². The number of sulfonamides is 1. The first-order valence-corrected chi connectivity index (χ1v) is 24.1. The number of likely N-dealkylation sites (tertiary alicyclic amines) is 1. The summed E-state index contributed by atoms with van der Waals surface area (Å²) in [5.41, 5.74) is 3.60. The first-order chi connectivity index (χ1) is 30.8. The molecule has 0 bridgehead atoms. The zero-order valence-corrected chi connectivity index (χ0v) is 37.2. The summed E-state index contributed by atoms with van der Waals surface area (Å²) in [7, 11) is -2.44. The van der Waals surface area contributed by atoms with Gasteiger partial charge in [0, 0.05) is 55.9 Å². The number of rotatable bonds is 13. The fourth-order valence-electron chi connectivity index (χ4n) is 10.4. The summed E-state index contributed by atoms with van der Waals surface area (Å²) in [6.45, 7) is 4.86. The Hall–Kier alpha value is -5.30. The van der Waals surface area contributed by atoms with E-state index in [4.69, 9.17) is 4.74 Å². The van der Waals surface area contributed by atoms with E-state index in [0.29, 0.717) is 40.7 Å². The summed E-state index contributed by atoms with van der Waals surface area (Å²) in [5, 5.41) is 6.11. The Morgan fingerprint density at radius 3 is 2.41 bits per heavy atom. The van der Waals surface area contributed by atoms with Crippen LogP contribution in [0.1, 0.15) is 106 Å². The average molecular weight is 898 g/mol. The molecule has 18 heteroatoms. The largest absolute Gasteiger partial charge is 0.377 e. The molecule has 2 amide bonds. The molecule has 3 N–H and O–H groups in total. The highest BCUT2D eigenvalue weighted by molar-refractivity contribution is 7.89. The molecular formula is C46H56FN9O7S. The molecule has 2 aliphatic heterocycles. The molecule has 0 spiro atoms. The van der Waals surface area contributed by atoms with Gasteiger partial charge in [0.2, 0.25) is 27.8 Å². The molecule has 1 atom stereocenters. The second-order valence-electron chi connectivity index (χ2n) is 18.1. The molecule has 4 aliphatic rings. The van der Waals surface area contributed by atoms with Crippen LogP contribution in [0.15, 0.2) is 63.1 Å². The maximum Gasteiger partial charge on any atom is 0.329 e. The van der Waals surface area contributed by atoms with Crippen molar-refractivity contribution >= 4 is 55.5 Å². The smallest absolute Gasteiger partial charge is 0.329 e. The van der Waals surface area contributed by atoms with Crippen LogP contribution in [0.2, 0.25) is 0 Å². The number of imide groups is 1. The molecule has 9 rings (SSSR count). The van der Waals surface area contributed by atoms with Crippen molar-refractivity contribution in [3.05, 3.63) is 86.4 Å². The van der Waals surface area contributed by atoms with Crippen LogP contribution in [0, 0.1) is 18.7 Å². The molecule has 2 saturated heterocycles. The second kappa shape index (κ2) is 18.3. The monoisotopic (exact) mass is 897 g/mol. The van der Waals surface area contributed by atoms with E-state index < -0.39 is 32.7 Å². The van der Waals surface area contributed by atoms with Crippen LogP contribution in [0.4, 0.5) is 16.0 Å². The predicted molar refractivity (Wildman–Crippen MR) is 240 cm³/mol.